The lowest BCUT2D eigenvalue weighted by Crippen LogP contribution is -2.38. The maximum absolute atomic E-state index is 6.11. The van der Waals surface area contributed by atoms with Crippen molar-refractivity contribution in [1.82, 2.24) is 0 Å². The molecule has 2 aromatic rings. The molecule has 0 saturated heterocycles. The molecule has 0 unspecified atom stereocenters. The van der Waals surface area contributed by atoms with Crippen molar-refractivity contribution in [1.29, 1.82) is 0 Å². The summed E-state index contributed by atoms with van der Waals surface area (Å²) in [5.41, 5.74) is 2.37. The lowest BCUT2D eigenvalue weighted by Gasteiger charge is -2.28. The summed E-state index contributed by atoms with van der Waals surface area (Å²) in [6.45, 7) is 2.68. The van der Waals surface area contributed by atoms with Gasteiger partial charge in [-0.15, -0.1) is 0 Å². The molecule has 20 heavy (non-hydrogen) atoms. The summed E-state index contributed by atoms with van der Waals surface area (Å²) in [5, 5.41) is 0. The summed E-state index contributed by atoms with van der Waals surface area (Å²) >= 11 is 0. The van der Waals surface area contributed by atoms with Crippen molar-refractivity contribution in [3.05, 3.63) is 71.8 Å². The van der Waals surface area contributed by atoms with Gasteiger partial charge in [-0.25, -0.2) is 0 Å². The van der Waals surface area contributed by atoms with E-state index in [1.807, 2.05) is 19.1 Å². The molecule has 0 aliphatic carbocycles. The number of ether oxygens (including phenoxy) is 1. The molecule has 0 fully saturated rings. The fourth-order valence-electron chi connectivity index (χ4n) is 2.82. The first-order valence-corrected chi connectivity index (χ1v) is 7.04. The van der Waals surface area contributed by atoms with Crippen molar-refractivity contribution in [2.75, 3.05) is 6.54 Å². The number of hydrogen-bond acceptors (Lipinski definition) is 2. The highest BCUT2D eigenvalue weighted by Crippen LogP contribution is 2.28. The van der Waals surface area contributed by atoms with Gasteiger partial charge < -0.3 is 4.74 Å². The van der Waals surface area contributed by atoms with Gasteiger partial charge in [-0.1, -0.05) is 60.7 Å². The van der Waals surface area contributed by atoms with Crippen molar-refractivity contribution in [3.63, 3.8) is 0 Å². The number of hydrogen-bond donors (Lipinski definition) is 0. The van der Waals surface area contributed by atoms with Gasteiger partial charge in [0.1, 0.15) is 5.60 Å². The van der Waals surface area contributed by atoms with E-state index in [1.165, 1.54) is 11.1 Å². The van der Waals surface area contributed by atoms with E-state index in [4.69, 9.17) is 4.74 Å². The Morgan fingerprint density at radius 2 is 1.40 bits per heavy atom. The van der Waals surface area contributed by atoms with E-state index < -0.39 is 0 Å². The van der Waals surface area contributed by atoms with Crippen molar-refractivity contribution in [2.24, 2.45) is 4.99 Å². The molecule has 1 heterocycles. The average molecular weight is 265 g/mol. The van der Waals surface area contributed by atoms with Gasteiger partial charge in [0.2, 0.25) is 0 Å². The minimum absolute atomic E-state index is 0.229. The molecule has 0 amide bonds. The Labute approximate surface area is 120 Å². The van der Waals surface area contributed by atoms with Crippen LogP contribution in [0.2, 0.25) is 0 Å². The third-order valence-corrected chi connectivity index (χ3v) is 3.69. The summed E-state index contributed by atoms with van der Waals surface area (Å²) in [7, 11) is 0. The topological polar surface area (TPSA) is 21.6 Å². The molecule has 0 bridgehead atoms. The van der Waals surface area contributed by atoms with Crippen LogP contribution in [0.15, 0.2) is 65.7 Å². The normalized spacial score (nSPS) is 16.6. The third-order valence-electron chi connectivity index (χ3n) is 3.69. The summed E-state index contributed by atoms with van der Waals surface area (Å²) in [6.07, 6.45) is 1.78. The maximum atomic E-state index is 6.11. The average Bonchev–Trinajstić information content (AvgIpc) is 2.82. The van der Waals surface area contributed by atoms with E-state index in [9.17, 15) is 0 Å². The van der Waals surface area contributed by atoms with Crippen molar-refractivity contribution in [2.45, 2.75) is 25.4 Å². The monoisotopic (exact) mass is 265 g/mol. The van der Waals surface area contributed by atoms with Crippen LogP contribution < -0.4 is 0 Å². The molecule has 0 N–H and O–H groups in total. The van der Waals surface area contributed by atoms with E-state index in [0.29, 0.717) is 0 Å². The van der Waals surface area contributed by atoms with Crippen molar-refractivity contribution >= 4 is 5.90 Å². The van der Waals surface area contributed by atoms with Crippen LogP contribution in [0, 0.1) is 0 Å². The molecule has 2 heteroatoms. The molecule has 3 rings (SSSR count). The fraction of sp³-hybridized carbons (Fsp3) is 0.278. The lowest BCUT2D eigenvalue weighted by molar-refractivity contribution is 0.0871. The van der Waals surface area contributed by atoms with Crippen LogP contribution >= 0.6 is 0 Å². The Kier molecular flexibility index (Phi) is 3.55. The Balaban J connectivity index is 1.82. The predicted octanol–water partition coefficient (Wildman–Crippen LogP) is 3.66. The minimum atomic E-state index is -0.229. The quantitative estimate of drug-likeness (QED) is 0.826. The zero-order valence-corrected chi connectivity index (χ0v) is 11.8. The first-order valence-electron chi connectivity index (χ1n) is 7.04. The largest absolute Gasteiger partial charge is 0.472 e. The Bertz CT molecular complexity index is 548. The van der Waals surface area contributed by atoms with E-state index >= 15 is 0 Å². The van der Waals surface area contributed by atoms with Crippen molar-refractivity contribution in [3.8, 4) is 0 Å². The van der Waals surface area contributed by atoms with Crippen LogP contribution in [0.4, 0.5) is 0 Å². The molecule has 2 nitrogen and oxygen atoms in total. The molecule has 102 valence electrons. The molecular formula is C18H19NO. The summed E-state index contributed by atoms with van der Waals surface area (Å²) in [6, 6.07) is 21.0. The number of aliphatic imine (C=N–C) groups is 1. The zero-order valence-electron chi connectivity index (χ0n) is 11.8. The first-order chi connectivity index (χ1) is 9.76. The van der Waals surface area contributed by atoms with Crippen LogP contribution in [-0.4, -0.2) is 18.0 Å². The Hall–Kier alpha value is -2.09. The first kappa shape index (κ1) is 12.9. The fourth-order valence-corrected chi connectivity index (χ4v) is 2.82. The second-order valence-electron chi connectivity index (χ2n) is 5.45. The van der Waals surface area contributed by atoms with E-state index in [-0.39, 0.29) is 5.60 Å². The molecule has 2 aromatic carbocycles. The number of nitrogens with zero attached hydrogens (tertiary/aromatic N) is 1. The van der Waals surface area contributed by atoms with Gasteiger partial charge in [0, 0.05) is 19.8 Å². The van der Waals surface area contributed by atoms with Gasteiger partial charge in [-0.3, -0.25) is 4.99 Å². The highest BCUT2D eigenvalue weighted by molar-refractivity contribution is 5.75. The summed E-state index contributed by atoms with van der Waals surface area (Å²) in [5.74, 6) is 0.803. The maximum Gasteiger partial charge on any atom is 0.180 e. The highest BCUT2D eigenvalue weighted by Gasteiger charge is 2.37. The smallest absolute Gasteiger partial charge is 0.180 e. The molecular weight excluding hydrogens is 246 g/mol. The molecule has 0 saturated carbocycles. The molecule has 0 atom stereocenters. The van der Waals surface area contributed by atoms with Gasteiger partial charge in [0.05, 0.1) is 6.54 Å². The lowest BCUT2D eigenvalue weighted by atomic mass is 9.88. The predicted molar refractivity (Wildman–Crippen MR) is 82.1 cm³/mol. The summed E-state index contributed by atoms with van der Waals surface area (Å²) in [4.78, 5) is 4.48. The molecule has 0 spiro atoms. The molecule has 0 aromatic heterocycles. The van der Waals surface area contributed by atoms with Gasteiger partial charge >= 0.3 is 0 Å². The van der Waals surface area contributed by atoms with E-state index in [2.05, 4.69) is 53.5 Å². The van der Waals surface area contributed by atoms with Crippen LogP contribution in [0.1, 0.15) is 18.1 Å². The second kappa shape index (κ2) is 5.49. The van der Waals surface area contributed by atoms with Crippen molar-refractivity contribution < 1.29 is 4.74 Å². The number of benzene rings is 2. The third kappa shape index (κ3) is 2.90. The van der Waals surface area contributed by atoms with Crippen LogP contribution in [0.5, 0.6) is 0 Å². The minimum Gasteiger partial charge on any atom is -0.472 e. The number of rotatable bonds is 4. The van der Waals surface area contributed by atoms with Crippen LogP contribution in [-0.2, 0) is 17.6 Å². The van der Waals surface area contributed by atoms with Gasteiger partial charge in [-0.05, 0) is 11.1 Å². The van der Waals surface area contributed by atoms with Crippen LogP contribution in [0.3, 0.4) is 0 Å². The van der Waals surface area contributed by atoms with E-state index in [1.54, 1.807) is 0 Å². The molecule has 1 aliphatic rings. The van der Waals surface area contributed by atoms with Gasteiger partial charge in [0.15, 0.2) is 5.90 Å². The SMILES string of the molecule is CC1=NCC(Cc2ccccc2)(Cc2ccccc2)O1. The Morgan fingerprint density at radius 1 is 0.900 bits per heavy atom. The molecule has 1 aliphatic heterocycles. The van der Waals surface area contributed by atoms with Gasteiger partial charge in [0.25, 0.3) is 0 Å². The summed E-state index contributed by atoms with van der Waals surface area (Å²) < 4.78 is 6.11. The second-order valence-corrected chi connectivity index (χ2v) is 5.45. The molecule has 0 radical (unpaired) electrons. The van der Waals surface area contributed by atoms with Crippen LogP contribution in [0.25, 0.3) is 0 Å². The van der Waals surface area contributed by atoms with Gasteiger partial charge in [-0.2, -0.15) is 0 Å². The zero-order chi connectivity index (χ0) is 13.8. The Morgan fingerprint density at radius 3 is 1.80 bits per heavy atom. The highest BCUT2D eigenvalue weighted by atomic mass is 16.5. The standard InChI is InChI=1S/C18H19NO/c1-15-19-14-18(20-15,12-16-8-4-2-5-9-16)13-17-10-6-3-7-11-17/h2-11H,12-14H2,1H3. The van der Waals surface area contributed by atoms with E-state index in [0.717, 1.165) is 25.3 Å².